The minimum Gasteiger partial charge on any atom is -0.505 e. The zero-order valence-corrected chi connectivity index (χ0v) is 42.1. The van der Waals surface area contributed by atoms with Crippen molar-refractivity contribution in [1.82, 2.24) is 30.0 Å². The fourth-order valence-electron chi connectivity index (χ4n) is 8.81. The fraction of sp³-hybridized carbons (Fsp3) is 0.131. The minimum absolute atomic E-state index is 0.00474. The van der Waals surface area contributed by atoms with Crippen LogP contribution >= 0.6 is 0 Å². The molecule has 0 aliphatic carbocycles. The van der Waals surface area contributed by atoms with Crippen LogP contribution in [0.1, 0.15) is 56.2 Å². The first kappa shape index (κ1) is 50.1. The maximum absolute atomic E-state index is 12.7. The van der Waals surface area contributed by atoms with Crippen molar-refractivity contribution >= 4 is 50.8 Å². The summed E-state index contributed by atoms with van der Waals surface area (Å²) >= 11 is 0. The van der Waals surface area contributed by atoms with Crippen LogP contribution in [-0.4, -0.2) is 72.7 Å². The quantitative estimate of drug-likeness (QED) is 0.0457. The standard InChI is InChI=1S/C33H29N5O3.C28H24N4O2/c1-4-41-33(40)27(20-34)31(23-10-6-5-7-11-23)24-14-16-26(17-15-24)37(3)21-25-18-22(2)19-30(32(25)39)38-35-28-12-8-9-13-29(28)36-38;1-19-16-22(28(34)26(17-19)32-29-24-10-6-7-11-25(24)30-32)18-31(2)23-14-12-21(13-15-23)27(33)20-8-4-3-5-9-20/h5-19,39H,4,21H2,1-3H3;3-17,34H,18H2,1-2H3/b31-27+;. The van der Waals surface area contributed by atoms with Gasteiger partial charge in [-0.25, -0.2) is 4.79 Å². The lowest BCUT2D eigenvalue weighted by atomic mass is 9.93. The van der Waals surface area contributed by atoms with E-state index in [0.29, 0.717) is 41.2 Å². The Morgan fingerprint density at radius 1 is 0.533 bits per heavy atom. The second kappa shape index (κ2) is 22.3. The molecule has 2 aromatic heterocycles. The average Bonchev–Trinajstić information content (AvgIpc) is 4.08. The number of hydrogen-bond acceptors (Lipinski definition) is 12. The van der Waals surface area contributed by atoms with Gasteiger partial charge in [-0.05, 0) is 116 Å². The van der Waals surface area contributed by atoms with Crippen molar-refractivity contribution in [2.75, 3.05) is 30.5 Å². The number of aromatic hydroxyl groups is 2. The second-order valence-electron chi connectivity index (χ2n) is 18.0. The summed E-state index contributed by atoms with van der Waals surface area (Å²) < 4.78 is 5.16. The van der Waals surface area contributed by atoms with E-state index in [1.54, 1.807) is 6.92 Å². The number of ketones is 1. The van der Waals surface area contributed by atoms with Gasteiger partial charge in [0.15, 0.2) is 5.78 Å². The normalized spacial score (nSPS) is 11.3. The zero-order chi connectivity index (χ0) is 52.6. The molecule has 0 aliphatic rings. The number of aryl methyl sites for hydroxylation is 2. The van der Waals surface area contributed by atoms with E-state index in [9.17, 15) is 25.1 Å². The number of fused-ring (bicyclic) bond motifs is 2. The van der Waals surface area contributed by atoms with E-state index < -0.39 is 5.97 Å². The van der Waals surface area contributed by atoms with Crippen molar-refractivity contribution in [3.63, 3.8) is 0 Å². The summed E-state index contributed by atoms with van der Waals surface area (Å²) in [7, 11) is 3.89. The molecule has 0 spiro atoms. The first-order valence-corrected chi connectivity index (χ1v) is 24.3. The molecule has 2 N–H and O–H groups in total. The summed E-state index contributed by atoms with van der Waals surface area (Å²) in [6.45, 7) is 6.75. The Balaban J connectivity index is 0.000000187. The number of aromatic nitrogens is 6. The van der Waals surface area contributed by atoms with Gasteiger partial charge in [0.05, 0.1) is 6.61 Å². The monoisotopic (exact) mass is 991 g/mol. The van der Waals surface area contributed by atoms with E-state index in [1.807, 2.05) is 226 Å². The summed E-state index contributed by atoms with van der Waals surface area (Å²) in [5, 5.41) is 50.2. The maximum atomic E-state index is 12.7. The van der Waals surface area contributed by atoms with Crippen LogP contribution < -0.4 is 9.80 Å². The van der Waals surface area contributed by atoms with E-state index >= 15 is 0 Å². The van der Waals surface area contributed by atoms with Gasteiger partial charge in [0, 0.05) is 66.4 Å². The molecule has 0 fully saturated rings. The number of hydrogen-bond donors (Lipinski definition) is 2. The highest BCUT2D eigenvalue weighted by Crippen LogP contribution is 2.34. The van der Waals surface area contributed by atoms with Crippen molar-refractivity contribution in [1.29, 1.82) is 5.26 Å². The van der Waals surface area contributed by atoms with Crippen molar-refractivity contribution in [2.24, 2.45) is 0 Å². The first-order chi connectivity index (χ1) is 36.4. The Morgan fingerprint density at radius 2 is 0.893 bits per heavy atom. The maximum Gasteiger partial charge on any atom is 0.349 e. The topological polar surface area (TPSA) is 176 Å². The summed E-state index contributed by atoms with van der Waals surface area (Å²) in [4.78, 5) is 32.3. The van der Waals surface area contributed by atoms with Crippen molar-refractivity contribution < 1.29 is 24.5 Å². The third-order valence-corrected chi connectivity index (χ3v) is 12.6. The third-order valence-electron chi connectivity index (χ3n) is 12.6. The lowest BCUT2D eigenvalue weighted by Gasteiger charge is -2.22. The van der Waals surface area contributed by atoms with Gasteiger partial charge in [-0.2, -0.15) is 5.26 Å². The van der Waals surface area contributed by atoms with Crippen LogP contribution in [0.2, 0.25) is 0 Å². The number of phenols is 2. The summed E-state index contributed by atoms with van der Waals surface area (Å²) in [6, 6.07) is 58.6. The van der Waals surface area contributed by atoms with Gasteiger partial charge in [-0.3, -0.25) is 4.79 Å². The van der Waals surface area contributed by atoms with Crippen LogP contribution in [0.15, 0.2) is 188 Å². The van der Waals surface area contributed by atoms with Gasteiger partial charge in [0.2, 0.25) is 0 Å². The van der Waals surface area contributed by atoms with E-state index in [2.05, 4.69) is 20.4 Å². The molecule has 0 saturated heterocycles. The number of nitriles is 1. The first-order valence-electron chi connectivity index (χ1n) is 24.3. The lowest BCUT2D eigenvalue weighted by molar-refractivity contribution is -0.137. The minimum atomic E-state index is -0.652. The van der Waals surface area contributed by atoms with Gasteiger partial charge in [-0.1, -0.05) is 109 Å². The molecule has 2 heterocycles. The Hall–Kier alpha value is -9.87. The summed E-state index contributed by atoms with van der Waals surface area (Å²) in [5.41, 5.74) is 12.6. The predicted octanol–water partition coefficient (Wildman–Crippen LogP) is 11.3. The number of carbonyl (C=O) groups excluding carboxylic acids is 2. The molecule has 10 rings (SSSR count). The number of phenolic OH excluding ortho intramolecular Hbond substituents is 2. The molecule has 372 valence electrons. The molecule has 8 aromatic carbocycles. The number of benzene rings is 8. The van der Waals surface area contributed by atoms with Crippen molar-refractivity contribution in [3.05, 3.63) is 232 Å². The van der Waals surface area contributed by atoms with E-state index in [4.69, 9.17) is 4.74 Å². The molecule has 0 amide bonds. The predicted molar refractivity (Wildman–Crippen MR) is 292 cm³/mol. The van der Waals surface area contributed by atoms with Crippen LogP contribution in [-0.2, 0) is 22.6 Å². The lowest BCUT2D eigenvalue weighted by Crippen LogP contribution is -2.17. The largest absolute Gasteiger partial charge is 0.505 e. The summed E-state index contributed by atoms with van der Waals surface area (Å²) in [5.74, 6) is -0.398. The highest BCUT2D eigenvalue weighted by atomic mass is 16.5. The van der Waals surface area contributed by atoms with Crippen LogP contribution in [0.4, 0.5) is 11.4 Å². The van der Waals surface area contributed by atoms with Gasteiger partial charge in [0.25, 0.3) is 0 Å². The Bertz CT molecular complexity index is 3690. The van der Waals surface area contributed by atoms with Crippen LogP contribution in [0.3, 0.4) is 0 Å². The third kappa shape index (κ3) is 11.1. The number of nitrogens with zero attached hydrogens (tertiary/aromatic N) is 9. The Labute approximate surface area is 434 Å². The molecule has 75 heavy (non-hydrogen) atoms. The van der Waals surface area contributed by atoms with Gasteiger partial charge >= 0.3 is 5.97 Å². The average molecular weight is 992 g/mol. The molecule has 0 bridgehead atoms. The number of anilines is 2. The highest BCUT2D eigenvalue weighted by Gasteiger charge is 2.21. The SMILES string of the molecule is CCOC(=O)/C(C#N)=C(\c1ccccc1)c1ccc(N(C)Cc2cc(C)cc(-n3nc4ccccc4n3)c2O)cc1.Cc1cc(CN(C)c2ccc(C(=O)c3ccccc3)cc2)c(O)c(-n2nc3ccccc3n2)c1. The van der Waals surface area contributed by atoms with Crippen LogP contribution in [0.5, 0.6) is 11.5 Å². The molecular weight excluding hydrogens is 939 g/mol. The Morgan fingerprint density at radius 3 is 1.29 bits per heavy atom. The van der Waals surface area contributed by atoms with Crippen LogP contribution in [0.25, 0.3) is 39.0 Å². The molecule has 0 atom stereocenters. The van der Waals surface area contributed by atoms with E-state index in [-0.39, 0.29) is 29.5 Å². The molecule has 0 saturated carbocycles. The number of ether oxygens (including phenoxy) is 1. The molecule has 0 radical (unpaired) electrons. The smallest absolute Gasteiger partial charge is 0.349 e. The van der Waals surface area contributed by atoms with Crippen LogP contribution in [0, 0.1) is 25.2 Å². The van der Waals surface area contributed by atoms with Gasteiger partial charge in [-0.15, -0.1) is 30.0 Å². The highest BCUT2D eigenvalue weighted by molar-refractivity contribution is 6.09. The van der Waals surface area contributed by atoms with Crippen molar-refractivity contribution in [2.45, 2.75) is 33.9 Å². The molecule has 14 nitrogen and oxygen atoms in total. The fourth-order valence-corrected chi connectivity index (χ4v) is 8.81. The number of rotatable bonds is 14. The molecular formula is C61H53N9O5. The number of esters is 1. The van der Waals surface area contributed by atoms with Crippen molar-refractivity contribution in [3.8, 4) is 28.9 Å². The van der Waals surface area contributed by atoms with Gasteiger partial charge < -0.3 is 24.7 Å². The summed E-state index contributed by atoms with van der Waals surface area (Å²) in [6.07, 6.45) is 0. The zero-order valence-electron chi connectivity index (χ0n) is 42.1. The van der Waals surface area contributed by atoms with Gasteiger partial charge in [0.1, 0.15) is 56.6 Å². The number of carbonyl (C=O) groups is 2. The molecule has 14 heteroatoms. The molecule has 10 aromatic rings. The second-order valence-corrected chi connectivity index (χ2v) is 18.0. The van der Waals surface area contributed by atoms with E-state index in [0.717, 1.165) is 66.8 Å². The molecule has 0 aliphatic heterocycles. The molecule has 0 unspecified atom stereocenters. The Kier molecular flexibility index (Phi) is 14.9. The van der Waals surface area contributed by atoms with E-state index in [1.165, 1.54) is 9.59 Å².